The minimum absolute atomic E-state index is 0.157. The number of anilines is 2. The summed E-state index contributed by atoms with van der Waals surface area (Å²) >= 11 is 3.38. The van der Waals surface area contributed by atoms with Crippen LogP contribution in [0.4, 0.5) is 11.4 Å². The average molecular weight is 514 g/mol. The molecule has 32 heavy (non-hydrogen) atoms. The number of hydrogen-bond donors (Lipinski definition) is 0. The zero-order valence-corrected chi connectivity index (χ0v) is 19.9. The summed E-state index contributed by atoms with van der Waals surface area (Å²) in [6.45, 7) is 2.27. The van der Waals surface area contributed by atoms with Crippen LogP contribution in [0, 0.1) is 0 Å². The fourth-order valence-corrected chi connectivity index (χ4v) is 5.42. The van der Waals surface area contributed by atoms with Gasteiger partial charge in [-0.3, -0.25) is 9.10 Å². The summed E-state index contributed by atoms with van der Waals surface area (Å²) in [5.74, 6) is -0.208. The van der Waals surface area contributed by atoms with Crippen molar-refractivity contribution in [3.05, 3.63) is 89.4 Å². The molecule has 1 amide bonds. The first kappa shape index (κ1) is 22.4. The second-order valence-electron chi connectivity index (χ2n) is 7.50. The second-order valence-corrected chi connectivity index (χ2v) is 10.3. The van der Waals surface area contributed by atoms with Gasteiger partial charge in [-0.2, -0.15) is 0 Å². The highest BCUT2D eigenvalue weighted by atomic mass is 79.9. The Morgan fingerprint density at radius 1 is 0.812 bits per heavy atom. The molecule has 6 nitrogen and oxygen atoms in total. The van der Waals surface area contributed by atoms with Crippen molar-refractivity contribution in [1.29, 1.82) is 0 Å². The molecular weight excluding hydrogens is 490 g/mol. The maximum absolute atomic E-state index is 13.4. The van der Waals surface area contributed by atoms with Crippen molar-refractivity contribution in [3.8, 4) is 0 Å². The van der Waals surface area contributed by atoms with Crippen LogP contribution in [0.2, 0.25) is 0 Å². The number of para-hydroxylation sites is 1. The SMILES string of the molecule is O=C(CN(c1ccc(Br)cc1)S(=O)(=O)c1ccccc1)N1CCN(c2ccccc2)CC1. The van der Waals surface area contributed by atoms with Gasteiger partial charge in [-0.05, 0) is 48.5 Å². The van der Waals surface area contributed by atoms with E-state index in [9.17, 15) is 13.2 Å². The van der Waals surface area contributed by atoms with Gasteiger partial charge < -0.3 is 9.80 Å². The Bertz CT molecular complexity index is 1150. The van der Waals surface area contributed by atoms with Crippen LogP contribution in [0.15, 0.2) is 94.3 Å². The third-order valence-corrected chi connectivity index (χ3v) is 7.80. The van der Waals surface area contributed by atoms with Crippen LogP contribution in [0.3, 0.4) is 0 Å². The van der Waals surface area contributed by atoms with E-state index >= 15 is 0 Å². The standard InChI is InChI=1S/C24H24BrN3O3S/c25-20-11-13-22(14-12-20)28(32(30,31)23-9-5-2-6-10-23)19-24(29)27-17-15-26(16-18-27)21-7-3-1-4-8-21/h1-14H,15-19H2. The van der Waals surface area contributed by atoms with Crippen LogP contribution in [0.1, 0.15) is 0 Å². The van der Waals surface area contributed by atoms with E-state index in [1.807, 2.05) is 18.2 Å². The van der Waals surface area contributed by atoms with Crippen molar-refractivity contribution in [2.75, 3.05) is 41.9 Å². The maximum atomic E-state index is 13.4. The summed E-state index contributed by atoms with van der Waals surface area (Å²) < 4.78 is 28.8. The molecule has 3 aromatic rings. The molecule has 0 atom stereocenters. The van der Waals surface area contributed by atoms with E-state index in [1.165, 1.54) is 4.31 Å². The second kappa shape index (κ2) is 9.75. The average Bonchev–Trinajstić information content (AvgIpc) is 2.84. The molecule has 1 fully saturated rings. The highest BCUT2D eigenvalue weighted by Crippen LogP contribution is 2.26. The molecule has 0 N–H and O–H groups in total. The van der Waals surface area contributed by atoms with E-state index in [0.29, 0.717) is 31.9 Å². The van der Waals surface area contributed by atoms with Crippen LogP contribution in [-0.2, 0) is 14.8 Å². The van der Waals surface area contributed by atoms with E-state index in [-0.39, 0.29) is 17.3 Å². The van der Waals surface area contributed by atoms with Crippen molar-refractivity contribution >= 4 is 43.2 Å². The van der Waals surface area contributed by atoms with Gasteiger partial charge in [0.05, 0.1) is 10.6 Å². The molecule has 1 saturated heterocycles. The molecule has 0 radical (unpaired) electrons. The number of nitrogens with zero attached hydrogens (tertiary/aromatic N) is 3. The van der Waals surface area contributed by atoms with Crippen LogP contribution >= 0.6 is 15.9 Å². The Morgan fingerprint density at radius 2 is 1.38 bits per heavy atom. The molecule has 4 rings (SSSR count). The lowest BCUT2D eigenvalue weighted by atomic mass is 10.2. The van der Waals surface area contributed by atoms with Gasteiger partial charge in [0.2, 0.25) is 5.91 Å². The maximum Gasteiger partial charge on any atom is 0.264 e. The van der Waals surface area contributed by atoms with E-state index in [1.54, 1.807) is 59.5 Å². The Morgan fingerprint density at radius 3 is 1.97 bits per heavy atom. The van der Waals surface area contributed by atoms with Crippen LogP contribution in [0.5, 0.6) is 0 Å². The molecule has 0 aliphatic carbocycles. The van der Waals surface area contributed by atoms with Gasteiger partial charge >= 0.3 is 0 Å². The van der Waals surface area contributed by atoms with E-state index in [2.05, 4.69) is 33.0 Å². The molecule has 3 aromatic carbocycles. The quantitative estimate of drug-likeness (QED) is 0.499. The molecule has 0 spiro atoms. The highest BCUT2D eigenvalue weighted by Gasteiger charge is 2.30. The Hall–Kier alpha value is -2.84. The van der Waals surface area contributed by atoms with Gasteiger partial charge in [-0.15, -0.1) is 0 Å². The van der Waals surface area contributed by atoms with Crippen molar-refractivity contribution in [2.45, 2.75) is 4.90 Å². The van der Waals surface area contributed by atoms with Crippen molar-refractivity contribution in [1.82, 2.24) is 4.90 Å². The summed E-state index contributed by atoms with van der Waals surface area (Å²) in [6, 6.07) is 25.2. The third-order valence-electron chi connectivity index (χ3n) is 5.48. The van der Waals surface area contributed by atoms with Gasteiger partial charge in [0.15, 0.2) is 0 Å². The lowest BCUT2D eigenvalue weighted by molar-refractivity contribution is -0.129. The van der Waals surface area contributed by atoms with Crippen molar-refractivity contribution < 1.29 is 13.2 Å². The summed E-state index contributed by atoms with van der Waals surface area (Å²) in [5.41, 5.74) is 1.58. The zero-order valence-electron chi connectivity index (χ0n) is 17.5. The largest absolute Gasteiger partial charge is 0.368 e. The lowest BCUT2D eigenvalue weighted by Gasteiger charge is -2.37. The zero-order chi connectivity index (χ0) is 22.6. The molecule has 0 aromatic heterocycles. The third kappa shape index (κ3) is 4.97. The molecule has 1 heterocycles. The summed E-state index contributed by atoms with van der Waals surface area (Å²) in [7, 11) is -3.89. The fraction of sp³-hybridized carbons (Fsp3) is 0.208. The first-order valence-electron chi connectivity index (χ1n) is 10.4. The summed E-state index contributed by atoms with van der Waals surface area (Å²) in [6.07, 6.45) is 0. The number of carbonyl (C=O) groups is 1. The molecule has 0 saturated carbocycles. The number of carbonyl (C=O) groups excluding carboxylic acids is 1. The molecule has 0 bridgehead atoms. The monoisotopic (exact) mass is 513 g/mol. The van der Waals surface area contributed by atoms with Gasteiger partial charge in [0.1, 0.15) is 6.54 Å². The fourth-order valence-electron chi connectivity index (χ4n) is 3.72. The first-order valence-corrected chi connectivity index (χ1v) is 12.6. The number of hydrogen-bond acceptors (Lipinski definition) is 4. The number of amides is 1. The smallest absolute Gasteiger partial charge is 0.264 e. The van der Waals surface area contributed by atoms with Gasteiger partial charge in [-0.1, -0.05) is 52.3 Å². The minimum atomic E-state index is -3.89. The molecule has 1 aliphatic heterocycles. The predicted molar refractivity (Wildman–Crippen MR) is 130 cm³/mol. The molecule has 8 heteroatoms. The lowest BCUT2D eigenvalue weighted by Crippen LogP contribution is -2.52. The molecule has 0 unspecified atom stereocenters. The number of piperazine rings is 1. The topological polar surface area (TPSA) is 60.9 Å². The van der Waals surface area contributed by atoms with Gasteiger partial charge in [0.25, 0.3) is 10.0 Å². The molecule has 166 valence electrons. The minimum Gasteiger partial charge on any atom is -0.368 e. The van der Waals surface area contributed by atoms with E-state index < -0.39 is 10.0 Å². The number of halogens is 1. The van der Waals surface area contributed by atoms with Gasteiger partial charge in [0, 0.05) is 36.3 Å². The Labute approximate surface area is 197 Å². The molecule has 1 aliphatic rings. The summed E-state index contributed by atoms with van der Waals surface area (Å²) in [4.78, 5) is 17.3. The number of benzene rings is 3. The predicted octanol–water partition coefficient (Wildman–Crippen LogP) is 3.99. The van der Waals surface area contributed by atoms with Crippen LogP contribution in [-0.4, -0.2) is 51.9 Å². The van der Waals surface area contributed by atoms with E-state index in [0.717, 1.165) is 10.2 Å². The summed E-state index contributed by atoms with van der Waals surface area (Å²) in [5, 5.41) is 0. The number of sulfonamides is 1. The number of rotatable bonds is 6. The van der Waals surface area contributed by atoms with Crippen LogP contribution in [0.25, 0.3) is 0 Å². The highest BCUT2D eigenvalue weighted by molar-refractivity contribution is 9.10. The van der Waals surface area contributed by atoms with Crippen LogP contribution < -0.4 is 9.21 Å². The Kier molecular flexibility index (Phi) is 6.81. The Balaban J connectivity index is 1.52. The normalized spacial score (nSPS) is 14.3. The van der Waals surface area contributed by atoms with Crippen molar-refractivity contribution in [2.24, 2.45) is 0 Å². The van der Waals surface area contributed by atoms with Gasteiger partial charge in [-0.25, -0.2) is 8.42 Å². The van der Waals surface area contributed by atoms with E-state index in [4.69, 9.17) is 0 Å². The van der Waals surface area contributed by atoms with Crippen molar-refractivity contribution in [3.63, 3.8) is 0 Å². The first-order chi connectivity index (χ1) is 15.4. The molecular formula is C24H24BrN3O3S.